The zero-order valence-corrected chi connectivity index (χ0v) is 18.7. The van der Waals surface area contributed by atoms with Gasteiger partial charge < -0.3 is 14.8 Å². The van der Waals surface area contributed by atoms with Crippen LogP contribution in [-0.4, -0.2) is 56.9 Å². The molecule has 7 nitrogen and oxygen atoms in total. The number of ether oxygens (including phenoxy) is 2. The van der Waals surface area contributed by atoms with Gasteiger partial charge in [0.1, 0.15) is 6.04 Å². The van der Waals surface area contributed by atoms with Crippen molar-refractivity contribution in [3.63, 3.8) is 0 Å². The molecule has 0 saturated heterocycles. The van der Waals surface area contributed by atoms with Crippen LogP contribution in [0, 0.1) is 5.41 Å². The number of nitrogens with zero attached hydrogens (tertiary/aromatic N) is 2. The topological polar surface area (TPSA) is 72.4 Å². The van der Waals surface area contributed by atoms with E-state index in [9.17, 15) is 4.79 Å². The number of methoxy groups -OCH3 is 2. The van der Waals surface area contributed by atoms with E-state index in [0.29, 0.717) is 17.3 Å². The quantitative estimate of drug-likeness (QED) is 0.709. The second-order valence-corrected chi connectivity index (χ2v) is 8.97. The van der Waals surface area contributed by atoms with E-state index in [0.717, 1.165) is 34.8 Å². The maximum atomic E-state index is 12.5. The summed E-state index contributed by atoms with van der Waals surface area (Å²) in [5.41, 5.74) is 3.09. The van der Waals surface area contributed by atoms with Gasteiger partial charge in [0.15, 0.2) is 11.5 Å². The molecular formula is C21H29N3O4S. The number of amides is 1. The minimum absolute atomic E-state index is 0.0415. The van der Waals surface area contributed by atoms with Crippen molar-refractivity contribution in [2.75, 3.05) is 39.4 Å². The predicted octanol–water partition coefficient (Wildman–Crippen LogP) is 3.72. The number of carbonyl (C=O) groups excluding carboxylic acids is 1. The van der Waals surface area contributed by atoms with E-state index in [1.54, 1.807) is 33.0 Å². The van der Waals surface area contributed by atoms with Crippen LogP contribution in [0.1, 0.15) is 26.7 Å². The number of hydrogen-bond acceptors (Lipinski definition) is 7. The molecule has 29 heavy (non-hydrogen) atoms. The van der Waals surface area contributed by atoms with E-state index in [1.807, 2.05) is 18.2 Å². The molecule has 1 aromatic carbocycles. The van der Waals surface area contributed by atoms with Crippen LogP contribution in [0.5, 0.6) is 11.5 Å². The Morgan fingerprint density at radius 2 is 1.93 bits per heavy atom. The van der Waals surface area contributed by atoms with Crippen LogP contribution in [0.25, 0.3) is 0 Å². The number of likely N-dealkylation sites (N-methyl/N-ethyl adjacent to an activating group) is 1. The van der Waals surface area contributed by atoms with Crippen molar-refractivity contribution >= 4 is 29.1 Å². The highest BCUT2D eigenvalue weighted by atomic mass is 32.2. The first kappa shape index (κ1) is 21.5. The summed E-state index contributed by atoms with van der Waals surface area (Å²) < 4.78 is 10.8. The highest BCUT2D eigenvalue weighted by molar-refractivity contribution is 8.04. The van der Waals surface area contributed by atoms with E-state index >= 15 is 0 Å². The van der Waals surface area contributed by atoms with Crippen LogP contribution < -0.4 is 14.8 Å². The van der Waals surface area contributed by atoms with Crippen molar-refractivity contribution in [1.82, 2.24) is 5.06 Å². The van der Waals surface area contributed by atoms with Crippen LogP contribution in [0.15, 0.2) is 33.8 Å². The van der Waals surface area contributed by atoms with Crippen molar-refractivity contribution < 1.29 is 19.1 Å². The summed E-state index contributed by atoms with van der Waals surface area (Å²) in [6.45, 7) is 4.44. The van der Waals surface area contributed by atoms with E-state index < -0.39 is 6.04 Å². The Morgan fingerprint density at radius 3 is 2.59 bits per heavy atom. The molecule has 0 radical (unpaired) electrons. The lowest BCUT2D eigenvalue weighted by Gasteiger charge is -2.37. The molecule has 1 N–H and O–H groups in total. The fourth-order valence-electron chi connectivity index (χ4n) is 3.61. The number of hydrogen-bond donors (Lipinski definition) is 1. The van der Waals surface area contributed by atoms with Gasteiger partial charge in [-0.25, -0.2) is 5.06 Å². The van der Waals surface area contributed by atoms with E-state index in [-0.39, 0.29) is 11.3 Å². The van der Waals surface area contributed by atoms with Crippen molar-refractivity contribution in [1.29, 1.82) is 0 Å². The minimum Gasteiger partial charge on any atom is -0.493 e. The number of hydroxylamine groups is 2. The van der Waals surface area contributed by atoms with Crippen molar-refractivity contribution in [2.24, 2.45) is 10.4 Å². The van der Waals surface area contributed by atoms with Crippen LogP contribution in [-0.2, 0) is 9.63 Å². The molecule has 0 spiro atoms. The largest absolute Gasteiger partial charge is 0.493 e. The third kappa shape index (κ3) is 4.70. The summed E-state index contributed by atoms with van der Waals surface area (Å²) in [6.07, 6.45) is 1.74. The number of thioether (sulfide) groups is 1. The molecule has 8 heteroatoms. The van der Waals surface area contributed by atoms with Crippen molar-refractivity contribution in [2.45, 2.75) is 32.7 Å². The van der Waals surface area contributed by atoms with Crippen LogP contribution in [0.4, 0.5) is 5.69 Å². The van der Waals surface area contributed by atoms with E-state index in [1.165, 1.54) is 12.2 Å². The molecule has 1 aromatic rings. The highest BCUT2D eigenvalue weighted by Gasteiger charge is 2.37. The SMILES string of the molecule is COc1ccc(NC2=C3SCC(C(=O)N(C)OC)N=C3CC(C)(C)C2)cc1OC. The smallest absolute Gasteiger partial charge is 0.271 e. The van der Waals surface area contributed by atoms with E-state index in [4.69, 9.17) is 19.3 Å². The predicted molar refractivity (Wildman–Crippen MR) is 117 cm³/mol. The number of fused-ring (bicyclic) bond motifs is 1. The lowest BCUT2D eigenvalue weighted by atomic mass is 9.78. The molecule has 1 aliphatic carbocycles. The first-order valence-corrected chi connectivity index (χ1v) is 10.5. The molecule has 0 fully saturated rings. The Labute approximate surface area is 176 Å². The summed E-state index contributed by atoms with van der Waals surface area (Å²) in [4.78, 5) is 23.5. The molecule has 1 aliphatic heterocycles. The second kappa shape index (κ2) is 8.67. The van der Waals surface area contributed by atoms with Gasteiger partial charge in [-0.3, -0.25) is 14.6 Å². The maximum absolute atomic E-state index is 12.5. The van der Waals surface area contributed by atoms with Crippen LogP contribution in [0.3, 0.4) is 0 Å². The number of allylic oxidation sites excluding steroid dienone is 2. The Bertz CT molecular complexity index is 850. The first-order valence-electron chi connectivity index (χ1n) is 9.51. The van der Waals surface area contributed by atoms with Gasteiger partial charge in [0.2, 0.25) is 0 Å². The lowest BCUT2D eigenvalue weighted by molar-refractivity contribution is -0.169. The van der Waals surface area contributed by atoms with Gasteiger partial charge in [0, 0.05) is 35.2 Å². The third-order valence-corrected chi connectivity index (χ3v) is 6.34. The summed E-state index contributed by atoms with van der Waals surface area (Å²) in [5.74, 6) is 1.85. The molecule has 1 atom stereocenters. The standard InChI is InChI=1S/C21H29N3O4S/c1-21(2)10-14(22-13-7-8-17(26-4)18(9-13)27-5)19-15(11-21)23-16(12-29-19)20(25)24(3)28-6/h7-9,16,22H,10-12H2,1-6H3. The molecule has 0 aromatic heterocycles. The highest BCUT2D eigenvalue weighted by Crippen LogP contribution is 2.44. The fourth-order valence-corrected chi connectivity index (χ4v) is 4.74. The molecule has 0 saturated carbocycles. The van der Waals surface area contributed by atoms with Gasteiger partial charge in [-0.15, -0.1) is 11.8 Å². The number of nitrogens with one attached hydrogen (secondary N) is 1. The van der Waals surface area contributed by atoms with Crippen molar-refractivity contribution in [3.8, 4) is 11.5 Å². The van der Waals surface area contributed by atoms with Gasteiger partial charge in [0.05, 0.1) is 27.0 Å². The molecule has 158 valence electrons. The minimum atomic E-state index is -0.417. The van der Waals surface area contributed by atoms with Crippen LogP contribution >= 0.6 is 11.8 Å². The third-order valence-electron chi connectivity index (χ3n) is 5.08. The zero-order valence-electron chi connectivity index (χ0n) is 17.9. The van der Waals surface area contributed by atoms with Crippen LogP contribution in [0.2, 0.25) is 0 Å². The fraction of sp³-hybridized carbons (Fsp3) is 0.524. The number of carbonyl (C=O) groups is 1. The average Bonchev–Trinajstić information content (AvgIpc) is 2.71. The molecule has 0 bridgehead atoms. The molecule has 1 amide bonds. The Balaban J connectivity index is 1.92. The van der Waals surface area contributed by atoms with Gasteiger partial charge in [-0.05, 0) is 30.4 Å². The van der Waals surface area contributed by atoms with Gasteiger partial charge >= 0.3 is 0 Å². The number of anilines is 1. The Morgan fingerprint density at radius 1 is 1.21 bits per heavy atom. The number of benzene rings is 1. The molecule has 2 aliphatic rings. The Kier molecular flexibility index (Phi) is 6.43. The van der Waals surface area contributed by atoms with Crippen molar-refractivity contribution in [3.05, 3.63) is 28.8 Å². The van der Waals surface area contributed by atoms with Gasteiger partial charge in [-0.2, -0.15) is 0 Å². The molecule has 1 heterocycles. The zero-order chi connectivity index (χ0) is 21.2. The first-order chi connectivity index (χ1) is 13.8. The van der Waals surface area contributed by atoms with Gasteiger partial charge in [-0.1, -0.05) is 13.8 Å². The normalized spacial score (nSPS) is 20.5. The summed E-state index contributed by atoms with van der Waals surface area (Å²) in [5, 5.41) is 4.81. The monoisotopic (exact) mass is 419 g/mol. The van der Waals surface area contributed by atoms with Gasteiger partial charge in [0.25, 0.3) is 5.91 Å². The number of rotatable bonds is 6. The number of aliphatic imine (C=N–C) groups is 1. The average molecular weight is 420 g/mol. The second-order valence-electron chi connectivity index (χ2n) is 7.94. The maximum Gasteiger partial charge on any atom is 0.271 e. The summed E-state index contributed by atoms with van der Waals surface area (Å²) >= 11 is 1.68. The lowest BCUT2D eigenvalue weighted by Crippen LogP contribution is -2.40. The molecule has 3 rings (SSSR count). The summed E-state index contributed by atoms with van der Waals surface area (Å²) in [6, 6.07) is 5.37. The molecule has 1 unspecified atom stereocenters. The Hall–Kier alpha value is -2.19. The van der Waals surface area contributed by atoms with E-state index in [2.05, 4.69) is 19.2 Å². The summed E-state index contributed by atoms with van der Waals surface area (Å²) in [7, 11) is 6.36. The molecular weight excluding hydrogens is 390 g/mol.